The van der Waals surface area contributed by atoms with Gasteiger partial charge >= 0.3 is 0 Å². The van der Waals surface area contributed by atoms with Crippen LogP contribution in [0, 0.1) is 17.1 Å². The van der Waals surface area contributed by atoms with Crippen LogP contribution in [0.15, 0.2) is 47.4 Å². The Hall–Kier alpha value is -2.32. The number of carbonyl (C=O) groups excluding carboxylic acids is 1. The van der Waals surface area contributed by atoms with Crippen LogP contribution in [0.2, 0.25) is 0 Å². The fourth-order valence-electron chi connectivity index (χ4n) is 1.49. The first-order chi connectivity index (χ1) is 9.10. The Labute approximate surface area is 115 Å². The minimum atomic E-state index is -0.474. The number of anilines is 1. The molecular weight excluding hydrogens is 263 g/mol. The van der Waals surface area contributed by atoms with Crippen LogP contribution in [0.25, 0.3) is 0 Å². The number of rotatable bonds is 2. The Kier molecular flexibility index (Phi) is 3.83. The lowest BCUT2D eigenvalue weighted by atomic mass is 10.2. The quantitative estimate of drug-likeness (QED) is 0.825. The predicted octanol–water partition coefficient (Wildman–Crippen LogP) is 3.24. The summed E-state index contributed by atoms with van der Waals surface area (Å²) in [6, 6.07) is 12.4. The molecule has 0 aromatic heterocycles. The van der Waals surface area contributed by atoms with Crippen molar-refractivity contribution in [2.24, 2.45) is 0 Å². The average molecular weight is 272 g/mol. The fourth-order valence-corrected chi connectivity index (χ4v) is 1.70. The summed E-state index contributed by atoms with van der Waals surface area (Å²) in [7, 11) is 0. The summed E-state index contributed by atoms with van der Waals surface area (Å²) in [6.45, 7) is 0. The van der Waals surface area contributed by atoms with Crippen molar-refractivity contribution >= 4 is 24.2 Å². The van der Waals surface area contributed by atoms with Crippen LogP contribution >= 0.6 is 12.6 Å². The molecule has 94 valence electrons. The van der Waals surface area contributed by atoms with Crippen molar-refractivity contribution in [1.29, 1.82) is 5.26 Å². The molecule has 2 aromatic carbocycles. The lowest BCUT2D eigenvalue weighted by molar-refractivity contribution is 0.102. The molecule has 0 saturated heterocycles. The van der Waals surface area contributed by atoms with E-state index in [1.54, 1.807) is 24.3 Å². The van der Waals surface area contributed by atoms with Crippen molar-refractivity contribution in [3.8, 4) is 6.07 Å². The average Bonchev–Trinajstić information content (AvgIpc) is 2.42. The minimum Gasteiger partial charge on any atom is -0.322 e. The molecule has 1 amide bonds. The molecule has 0 fully saturated rings. The van der Waals surface area contributed by atoms with Crippen LogP contribution in [0.4, 0.5) is 10.1 Å². The lowest BCUT2D eigenvalue weighted by Crippen LogP contribution is -2.11. The number of amides is 1. The molecule has 0 aliphatic rings. The van der Waals surface area contributed by atoms with Crippen molar-refractivity contribution in [2.75, 3.05) is 5.32 Å². The highest BCUT2D eigenvalue weighted by Gasteiger charge is 2.08. The van der Waals surface area contributed by atoms with Gasteiger partial charge in [-0.2, -0.15) is 5.26 Å². The summed E-state index contributed by atoms with van der Waals surface area (Å²) in [4.78, 5) is 12.0. The van der Waals surface area contributed by atoms with Crippen LogP contribution < -0.4 is 5.32 Å². The monoisotopic (exact) mass is 272 g/mol. The molecule has 0 saturated carbocycles. The third-order valence-electron chi connectivity index (χ3n) is 2.48. The summed E-state index contributed by atoms with van der Waals surface area (Å²) in [6.07, 6.45) is 0. The maximum absolute atomic E-state index is 13.0. The van der Waals surface area contributed by atoms with E-state index in [4.69, 9.17) is 5.26 Å². The first-order valence-electron chi connectivity index (χ1n) is 5.40. The molecule has 0 aliphatic heterocycles. The summed E-state index contributed by atoms with van der Waals surface area (Å²) < 4.78 is 13.0. The summed E-state index contributed by atoms with van der Waals surface area (Å²) >= 11 is 3.92. The highest BCUT2D eigenvalue weighted by molar-refractivity contribution is 7.80. The second-order valence-corrected chi connectivity index (χ2v) is 4.29. The molecule has 3 nitrogen and oxygen atoms in total. The Morgan fingerprint density at radius 1 is 1.21 bits per heavy atom. The zero-order chi connectivity index (χ0) is 13.8. The van der Waals surface area contributed by atoms with Crippen molar-refractivity contribution in [1.82, 2.24) is 0 Å². The highest BCUT2D eigenvalue weighted by Crippen LogP contribution is 2.16. The SMILES string of the molecule is N#Cc1ccc(NC(=O)c2ccc(F)c(S)c2)cc1. The maximum atomic E-state index is 13.0. The molecule has 1 N–H and O–H groups in total. The van der Waals surface area contributed by atoms with Crippen molar-refractivity contribution in [2.45, 2.75) is 4.90 Å². The normalized spacial score (nSPS) is 9.74. The lowest BCUT2D eigenvalue weighted by Gasteiger charge is -2.06. The van der Waals surface area contributed by atoms with Crippen molar-refractivity contribution in [3.05, 3.63) is 59.4 Å². The topological polar surface area (TPSA) is 52.9 Å². The number of nitrogens with zero attached hydrogens (tertiary/aromatic N) is 1. The first kappa shape index (κ1) is 13.1. The fraction of sp³-hybridized carbons (Fsp3) is 0. The predicted molar refractivity (Wildman–Crippen MR) is 72.8 cm³/mol. The number of nitriles is 1. The van der Waals surface area contributed by atoms with Crippen LogP contribution in [0.3, 0.4) is 0 Å². The van der Waals surface area contributed by atoms with Crippen molar-refractivity contribution < 1.29 is 9.18 Å². The largest absolute Gasteiger partial charge is 0.322 e. The molecule has 0 unspecified atom stereocenters. The maximum Gasteiger partial charge on any atom is 0.255 e. The first-order valence-corrected chi connectivity index (χ1v) is 5.85. The Bertz CT molecular complexity index is 662. The van der Waals surface area contributed by atoms with Gasteiger partial charge in [-0.1, -0.05) is 0 Å². The Morgan fingerprint density at radius 2 is 1.89 bits per heavy atom. The van der Waals surface area contributed by atoms with Gasteiger partial charge in [0.05, 0.1) is 11.6 Å². The highest BCUT2D eigenvalue weighted by atomic mass is 32.1. The smallest absolute Gasteiger partial charge is 0.255 e. The van der Waals surface area contributed by atoms with Crippen molar-refractivity contribution in [3.63, 3.8) is 0 Å². The van der Waals surface area contributed by atoms with Crippen LogP contribution in [0.1, 0.15) is 15.9 Å². The molecule has 0 heterocycles. The van der Waals surface area contributed by atoms with Gasteiger partial charge in [0, 0.05) is 16.1 Å². The van der Waals surface area contributed by atoms with E-state index in [9.17, 15) is 9.18 Å². The molecule has 2 aromatic rings. The van der Waals surface area contributed by atoms with Gasteiger partial charge in [-0.3, -0.25) is 4.79 Å². The summed E-state index contributed by atoms with van der Waals surface area (Å²) in [5.41, 5.74) is 1.39. The van der Waals surface area contributed by atoms with E-state index in [2.05, 4.69) is 17.9 Å². The number of hydrogen-bond acceptors (Lipinski definition) is 3. The van der Waals surface area contributed by atoms with Crippen LogP contribution in [-0.2, 0) is 0 Å². The third-order valence-corrected chi connectivity index (χ3v) is 2.82. The van der Waals surface area contributed by atoms with Gasteiger partial charge in [-0.15, -0.1) is 12.6 Å². The number of halogens is 1. The number of nitrogens with one attached hydrogen (secondary N) is 1. The molecule has 0 bridgehead atoms. The standard InChI is InChI=1S/C14H9FN2OS/c15-12-6-3-10(7-13(12)19)14(18)17-11-4-1-9(8-16)2-5-11/h1-7,19H,(H,17,18). The van der Waals surface area contributed by atoms with E-state index < -0.39 is 5.82 Å². The number of benzene rings is 2. The van der Waals surface area contributed by atoms with Gasteiger partial charge in [0.2, 0.25) is 0 Å². The van der Waals surface area contributed by atoms with Gasteiger partial charge in [-0.05, 0) is 42.5 Å². The zero-order valence-corrected chi connectivity index (χ0v) is 10.6. The van der Waals surface area contributed by atoms with E-state index in [1.165, 1.54) is 18.2 Å². The van der Waals surface area contributed by atoms with E-state index >= 15 is 0 Å². The molecule has 0 atom stereocenters. The van der Waals surface area contributed by atoms with E-state index in [-0.39, 0.29) is 10.8 Å². The summed E-state index contributed by atoms with van der Waals surface area (Å²) in [5.74, 6) is -0.835. The van der Waals surface area contributed by atoms with Gasteiger partial charge < -0.3 is 5.32 Å². The number of carbonyl (C=O) groups is 1. The Morgan fingerprint density at radius 3 is 2.47 bits per heavy atom. The van der Waals surface area contributed by atoms with Gasteiger partial charge in [-0.25, -0.2) is 4.39 Å². The van der Waals surface area contributed by atoms with Crippen LogP contribution in [-0.4, -0.2) is 5.91 Å². The zero-order valence-electron chi connectivity index (χ0n) is 9.72. The molecule has 5 heteroatoms. The van der Waals surface area contributed by atoms with Gasteiger partial charge in [0.1, 0.15) is 5.82 Å². The second kappa shape index (κ2) is 5.55. The molecule has 0 aliphatic carbocycles. The van der Waals surface area contributed by atoms with E-state index in [0.29, 0.717) is 16.8 Å². The van der Waals surface area contributed by atoms with E-state index in [1.807, 2.05) is 6.07 Å². The molecule has 0 spiro atoms. The number of thiol groups is 1. The molecule has 0 radical (unpaired) electrons. The second-order valence-electron chi connectivity index (χ2n) is 3.81. The summed E-state index contributed by atoms with van der Waals surface area (Å²) in [5, 5.41) is 11.3. The minimum absolute atomic E-state index is 0.118. The third kappa shape index (κ3) is 3.12. The number of hydrogen-bond donors (Lipinski definition) is 2. The van der Waals surface area contributed by atoms with E-state index in [0.717, 1.165) is 0 Å². The molecule has 2 rings (SSSR count). The Balaban J connectivity index is 2.16. The van der Waals surface area contributed by atoms with Gasteiger partial charge in [0.15, 0.2) is 0 Å². The molecular formula is C14H9FN2OS. The molecule has 19 heavy (non-hydrogen) atoms. The van der Waals surface area contributed by atoms with Crippen LogP contribution in [0.5, 0.6) is 0 Å². The van der Waals surface area contributed by atoms with Gasteiger partial charge in [0.25, 0.3) is 5.91 Å².